The summed E-state index contributed by atoms with van der Waals surface area (Å²) in [5, 5.41) is 58.7. The highest BCUT2D eigenvalue weighted by Crippen LogP contribution is 2.60. The predicted octanol–water partition coefficient (Wildman–Crippen LogP) is 13.2. The van der Waals surface area contributed by atoms with E-state index < -0.39 is 264 Å². The van der Waals surface area contributed by atoms with Gasteiger partial charge in [-0.15, -0.1) is 0 Å². The molecule has 0 N–H and O–H groups in total. The smallest absolute Gasteiger partial charge is 0.180 e. The molecule has 4 aliphatic rings. The van der Waals surface area contributed by atoms with Crippen LogP contribution in [0.3, 0.4) is 0 Å². The zero-order valence-electron chi connectivity index (χ0n) is 41.7. The van der Waals surface area contributed by atoms with Crippen molar-refractivity contribution in [2.45, 2.75) is 144 Å². The van der Waals surface area contributed by atoms with Crippen LogP contribution in [0, 0.1) is 145 Å². The van der Waals surface area contributed by atoms with Crippen LogP contribution >= 0.6 is 0 Å². The second-order valence-electron chi connectivity index (χ2n) is 20.2. The number of benzene rings is 1. The molecule has 0 radical (unpaired) electrons. The molecule has 30 heteroatoms. The van der Waals surface area contributed by atoms with Crippen molar-refractivity contribution in [1.82, 2.24) is 0 Å². The Hall–Kier alpha value is -6.30. The first kappa shape index (κ1) is 66.5. The summed E-state index contributed by atoms with van der Waals surface area (Å²) in [4.78, 5) is 0. The molecule has 82 heavy (non-hydrogen) atoms. The van der Waals surface area contributed by atoms with Crippen LogP contribution in [0.4, 0.5) is 105 Å². The number of rotatable bonds is 17. The van der Waals surface area contributed by atoms with Gasteiger partial charge in [0, 0.05) is 62.7 Å². The van der Waals surface area contributed by atoms with Gasteiger partial charge in [-0.05, 0) is 18.8 Å². The van der Waals surface area contributed by atoms with Crippen LogP contribution < -0.4 is 0 Å². The van der Waals surface area contributed by atoms with Gasteiger partial charge < -0.3 is 0 Å². The number of alkyl halides is 20. The van der Waals surface area contributed by atoms with Crippen LogP contribution in [0.2, 0.25) is 0 Å². The van der Waals surface area contributed by atoms with Crippen molar-refractivity contribution in [2.75, 3.05) is 13.3 Å². The molecule has 1 aromatic carbocycles. The van der Waals surface area contributed by atoms with Crippen LogP contribution in [-0.4, -0.2) is 124 Å². The highest BCUT2D eigenvalue weighted by molar-refractivity contribution is 5.87. The molecule has 4 saturated carbocycles. The van der Waals surface area contributed by atoms with Gasteiger partial charge in [-0.3, -0.25) is 0 Å². The number of nitriles is 6. The minimum atomic E-state index is -4.06. The molecule has 448 valence electrons. The first-order valence-electron chi connectivity index (χ1n) is 24.6. The maximum Gasteiger partial charge on any atom is 0.180 e. The zero-order valence-corrected chi connectivity index (χ0v) is 41.7. The summed E-state index contributed by atoms with van der Waals surface area (Å²) < 4.78 is 377. The Labute approximate surface area is 450 Å². The average Bonchev–Trinajstić information content (AvgIpc) is 2.68. The van der Waals surface area contributed by atoms with Gasteiger partial charge >= 0.3 is 0 Å². The monoisotopic (exact) mass is 1210 g/mol. The Morgan fingerprint density at radius 2 is 0.963 bits per heavy atom. The van der Waals surface area contributed by atoms with E-state index in [0.717, 1.165) is 37.3 Å². The Morgan fingerprint density at radius 3 is 1.35 bits per heavy atom. The summed E-state index contributed by atoms with van der Waals surface area (Å²) in [6.45, 7) is -3.24. The van der Waals surface area contributed by atoms with Crippen molar-refractivity contribution in [3.05, 3.63) is 67.8 Å². The van der Waals surface area contributed by atoms with Crippen molar-refractivity contribution in [3.63, 3.8) is 0 Å². The van der Waals surface area contributed by atoms with Gasteiger partial charge in [-0.25, -0.2) is 105 Å². The molecule has 0 bridgehead atoms. The van der Waals surface area contributed by atoms with Gasteiger partial charge in [0.1, 0.15) is 136 Å². The second-order valence-corrected chi connectivity index (χ2v) is 20.2. The van der Waals surface area contributed by atoms with E-state index in [-0.39, 0.29) is 0 Å². The lowest BCUT2D eigenvalue weighted by Crippen LogP contribution is -2.62. The van der Waals surface area contributed by atoms with Gasteiger partial charge in [0.15, 0.2) is 35.6 Å². The van der Waals surface area contributed by atoms with Crippen molar-refractivity contribution in [1.29, 1.82) is 31.6 Å². The minimum Gasteiger partial charge on any atom is -0.250 e. The van der Waals surface area contributed by atoms with E-state index >= 15 is 79.0 Å². The van der Waals surface area contributed by atoms with Crippen LogP contribution in [0.5, 0.6) is 0 Å². The van der Waals surface area contributed by atoms with Gasteiger partial charge in [0.25, 0.3) is 0 Å². The lowest BCUT2D eigenvalue weighted by molar-refractivity contribution is -0.149. The fourth-order valence-corrected chi connectivity index (χ4v) is 11.6. The van der Waals surface area contributed by atoms with Gasteiger partial charge in [-0.2, -0.15) is 31.6 Å². The molecule has 0 heterocycles. The highest BCUT2D eigenvalue weighted by atomic mass is 19.2. The average molecular weight is 1210 g/mol. The molecule has 26 atom stereocenters. The molecule has 5 rings (SSSR count). The molecule has 4 aliphatic carbocycles. The predicted molar refractivity (Wildman–Crippen MR) is 235 cm³/mol. The number of hydrogen-bond donors (Lipinski definition) is 0. The summed E-state index contributed by atoms with van der Waals surface area (Å²) in [5.41, 5.74) is -15.5. The summed E-state index contributed by atoms with van der Waals surface area (Å²) in [7, 11) is 0. The van der Waals surface area contributed by atoms with E-state index in [2.05, 4.69) is 0 Å². The summed E-state index contributed by atoms with van der Waals surface area (Å²) in [5.74, 6) is -42.1. The van der Waals surface area contributed by atoms with Crippen molar-refractivity contribution in [3.8, 4) is 36.4 Å². The van der Waals surface area contributed by atoms with E-state index in [4.69, 9.17) is 15.8 Å². The first-order valence-corrected chi connectivity index (χ1v) is 24.6. The molecule has 4 fully saturated rings. The third-order valence-electron chi connectivity index (χ3n) is 16.0. The summed E-state index contributed by atoms with van der Waals surface area (Å²) in [6, 6.07) is 5.26. The molecule has 0 aromatic heterocycles. The maximum absolute atomic E-state index is 17.0. The van der Waals surface area contributed by atoms with Crippen molar-refractivity contribution < 1.29 is 105 Å². The molecule has 0 amide bonds. The minimum absolute atomic E-state index is 0.391. The Morgan fingerprint density at radius 1 is 0.512 bits per heavy atom. The highest BCUT2D eigenvalue weighted by Gasteiger charge is 2.65. The third-order valence-corrected chi connectivity index (χ3v) is 16.0. The molecule has 6 nitrogen and oxygen atoms in total. The molecular formula is C52H42F24N6. The van der Waals surface area contributed by atoms with E-state index in [1.54, 1.807) is 0 Å². The topological polar surface area (TPSA) is 143 Å². The van der Waals surface area contributed by atoms with E-state index in [1.807, 2.05) is 0 Å². The molecular weight excluding hydrogens is 1160 g/mol. The lowest BCUT2D eigenvalue weighted by atomic mass is 9.63. The fraction of sp³-hybridized carbons (Fsp3) is 0.654. The maximum atomic E-state index is 17.0. The van der Waals surface area contributed by atoms with Crippen LogP contribution in [0.25, 0.3) is 0 Å². The normalized spacial score (nSPS) is 37.6. The molecule has 0 aliphatic heterocycles. The fourth-order valence-electron chi connectivity index (χ4n) is 11.6. The van der Waals surface area contributed by atoms with E-state index in [0.29, 0.717) is 13.0 Å². The van der Waals surface area contributed by atoms with Gasteiger partial charge in [0.05, 0.1) is 48.1 Å². The SMILES string of the molecule is CCC(F)C(C(C)C(F)C(F)C(/C(C#N)=C1/C(=C(C#N)C2C(F)C(F)CC(c3c(F)c(F)c(C#N)c(F)c3F)C(F)C2F)/C1=C(/C#N)C1C(F)C(F)C(C2C(F)C(F)C(C#N)[C@H](F)C2F)C(F)C1F)C(F)CF)C(F)C(F)C(C#N)CF. The van der Waals surface area contributed by atoms with Crippen LogP contribution in [0.15, 0.2) is 33.4 Å². The largest absolute Gasteiger partial charge is 0.250 e. The molecule has 0 spiro atoms. The van der Waals surface area contributed by atoms with Crippen LogP contribution in [0.1, 0.15) is 43.7 Å². The summed E-state index contributed by atoms with van der Waals surface area (Å²) in [6.07, 6.45) is -69.4. The van der Waals surface area contributed by atoms with Gasteiger partial charge in [0.2, 0.25) is 0 Å². The first-order chi connectivity index (χ1) is 38.5. The van der Waals surface area contributed by atoms with Crippen molar-refractivity contribution >= 4 is 0 Å². The van der Waals surface area contributed by atoms with E-state index in [9.17, 15) is 42.1 Å². The Bertz CT molecular complexity index is 2820. The zero-order chi connectivity index (χ0) is 62.2. The quantitative estimate of drug-likeness (QED) is 0.0658. The number of halogens is 24. The third kappa shape index (κ3) is 11.3. The second kappa shape index (κ2) is 26.5. The van der Waals surface area contributed by atoms with Crippen molar-refractivity contribution in [2.24, 2.45) is 53.3 Å². The number of allylic oxidation sites excluding steroid dienone is 6. The lowest BCUT2D eigenvalue weighted by Gasteiger charge is -2.47. The molecule has 0 saturated heterocycles. The number of hydrogen-bond acceptors (Lipinski definition) is 6. The number of nitrogens with zero attached hydrogens (tertiary/aromatic N) is 6. The molecule has 1 aromatic rings. The van der Waals surface area contributed by atoms with Gasteiger partial charge in [-0.1, -0.05) is 13.8 Å². The van der Waals surface area contributed by atoms with Crippen LogP contribution in [-0.2, 0) is 0 Å². The summed E-state index contributed by atoms with van der Waals surface area (Å²) >= 11 is 0. The standard InChI is InChI=1S/C52H42F24N6/c1-3-21(55)24(42(66)35(59)14(5-53)7-77)13(2)34(58)43(67)25(23(57)6-54)16(8-78)26-27(17(9-79)30-41(65)22(56)4-15(36(60)46(30)70)29-44(68)37(61)19(11-81)38(62)45(29)69)28(26)18(10-80)31-47(71)51(75)33(52(76)48(31)72)32-49(73)39(63)20(12-82)40(64)50(32)74/h13-15,20-25,30-36,39-43,46-52H,3-6H2,1-2H3/b26-16-,27-17?,28-18-/t13?,14?,15?,20?,21?,22?,23?,24?,25?,30?,31?,32?,33?,34?,35?,36?,39-,40?,41?,42?,43?,46?,47?,48?,49?,50?,51?,52?/m0/s1. The van der Waals surface area contributed by atoms with E-state index in [1.165, 1.54) is 0 Å². The molecule has 25 unspecified atom stereocenters. The Balaban J connectivity index is 1.83. The Kier molecular flexibility index (Phi) is 21.5.